The highest BCUT2D eigenvalue weighted by atomic mass is 16.6. The minimum absolute atomic E-state index is 0.0609. The summed E-state index contributed by atoms with van der Waals surface area (Å²) in [6.45, 7) is 2.20. The molecule has 0 spiro atoms. The van der Waals surface area contributed by atoms with E-state index in [1.165, 1.54) is 0 Å². The van der Waals surface area contributed by atoms with Gasteiger partial charge < -0.3 is 9.64 Å². The fraction of sp³-hybridized carbons (Fsp3) is 0.409. The van der Waals surface area contributed by atoms with Gasteiger partial charge in [-0.3, -0.25) is 9.78 Å². The van der Waals surface area contributed by atoms with E-state index in [1.807, 2.05) is 54.3 Å². The molecule has 1 aromatic carbocycles. The number of amides is 1. The van der Waals surface area contributed by atoms with E-state index in [0.717, 1.165) is 24.0 Å². The summed E-state index contributed by atoms with van der Waals surface area (Å²) in [5.41, 5.74) is 2.47. The van der Waals surface area contributed by atoms with E-state index in [4.69, 9.17) is 4.74 Å². The first-order chi connectivity index (χ1) is 13.1. The summed E-state index contributed by atoms with van der Waals surface area (Å²) in [6.07, 6.45) is 4.69. The highest BCUT2D eigenvalue weighted by Crippen LogP contribution is 2.40. The lowest BCUT2D eigenvalue weighted by Gasteiger charge is -2.37. The molecule has 5 heteroatoms. The van der Waals surface area contributed by atoms with Gasteiger partial charge in [0.2, 0.25) is 0 Å². The normalized spacial score (nSPS) is 23.9. The Hall–Kier alpha value is -2.69. The van der Waals surface area contributed by atoms with Crippen LogP contribution in [-0.2, 0) is 11.3 Å². The summed E-state index contributed by atoms with van der Waals surface area (Å²) in [6, 6.07) is 13.6. The van der Waals surface area contributed by atoms with Crippen LogP contribution in [-0.4, -0.2) is 33.8 Å². The van der Waals surface area contributed by atoms with Crippen molar-refractivity contribution in [1.29, 1.82) is 0 Å². The van der Waals surface area contributed by atoms with Crippen LogP contribution >= 0.6 is 0 Å². The highest BCUT2D eigenvalue weighted by Gasteiger charge is 2.46. The van der Waals surface area contributed by atoms with Crippen molar-refractivity contribution < 1.29 is 14.3 Å². The SMILES string of the molecule is Cc1cccnc1C(=O)C1CC2CCC(C1)N2C(=O)OCc1ccccc1. The van der Waals surface area contributed by atoms with E-state index in [-0.39, 0.29) is 36.5 Å². The maximum Gasteiger partial charge on any atom is 0.410 e. The molecule has 2 aliphatic heterocycles. The first-order valence-electron chi connectivity index (χ1n) is 9.58. The number of benzene rings is 1. The lowest BCUT2D eigenvalue weighted by molar-refractivity contribution is 0.0483. The summed E-state index contributed by atoms with van der Waals surface area (Å²) in [4.78, 5) is 31.7. The first-order valence-corrected chi connectivity index (χ1v) is 9.58. The van der Waals surface area contributed by atoms with E-state index < -0.39 is 0 Å². The number of piperidine rings is 1. The van der Waals surface area contributed by atoms with Crippen LogP contribution < -0.4 is 0 Å². The number of carbonyl (C=O) groups is 2. The molecule has 2 bridgehead atoms. The number of pyridine rings is 1. The van der Waals surface area contributed by atoms with Gasteiger partial charge in [0, 0.05) is 24.2 Å². The van der Waals surface area contributed by atoms with E-state index >= 15 is 0 Å². The number of ketones is 1. The molecule has 2 aliphatic rings. The van der Waals surface area contributed by atoms with Gasteiger partial charge in [0.05, 0.1) is 0 Å². The zero-order valence-electron chi connectivity index (χ0n) is 15.5. The molecule has 3 heterocycles. The fourth-order valence-electron chi connectivity index (χ4n) is 4.42. The van der Waals surface area contributed by atoms with Crippen molar-refractivity contribution in [2.75, 3.05) is 0 Å². The number of aryl methyl sites for hydroxylation is 1. The number of fused-ring (bicyclic) bond motifs is 2. The monoisotopic (exact) mass is 364 g/mol. The first kappa shape index (κ1) is 17.7. The molecule has 2 fully saturated rings. The molecule has 27 heavy (non-hydrogen) atoms. The third-order valence-corrected chi connectivity index (χ3v) is 5.76. The standard InChI is InChI=1S/C22H24N2O3/c1-15-6-5-11-23-20(15)21(25)17-12-18-9-10-19(13-17)24(18)22(26)27-14-16-7-3-2-4-8-16/h2-8,11,17-19H,9-10,12-14H2,1H3. The maximum absolute atomic E-state index is 12.9. The number of hydrogen-bond acceptors (Lipinski definition) is 4. The van der Waals surface area contributed by atoms with Crippen molar-refractivity contribution in [3.63, 3.8) is 0 Å². The molecular weight excluding hydrogens is 340 g/mol. The van der Waals surface area contributed by atoms with Crippen molar-refractivity contribution in [2.45, 2.75) is 51.3 Å². The van der Waals surface area contributed by atoms with Crippen LogP contribution in [0, 0.1) is 12.8 Å². The van der Waals surface area contributed by atoms with Crippen molar-refractivity contribution in [3.05, 3.63) is 65.5 Å². The predicted molar refractivity (Wildman–Crippen MR) is 101 cm³/mol. The van der Waals surface area contributed by atoms with Gasteiger partial charge in [0.15, 0.2) is 5.78 Å². The quantitative estimate of drug-likeness (QED) is 0.765. The van der Waals surface area contributed by atoms with Crippen LogP contribution in [0.5, 0.6) is 0 Å². The summed E-state index contributed by atoms with van der Waals surface area (Å²) in [5.74, 6) is 0.0524. The smallest absolute Gasteiger partial charge is 0.410 e. The van der Waals surface area contributed by atoms with Crippen molar-refractivity contribution in [3.8, 4) is 0 Å². The topological polar surface area (TPSA) is 59.5 Å². The molecule has 140 valence electrons. The van der Waals surface area contributed by atoms with Crippen LogP contribution in [0.15, 0.2) is 48.7 Å². The Morgan fingerprint density at radius 1 is 1.07 bits per heavy atom. The number of aromatic nitrogens is 1. The van der Waals surface area contributed by atoms with Gasteiger partial charge in [-0.25, -0.2) is 4.79 Å². The summed E-state index contributed by atoms with van der Waals surface area (Å²) in [7, 11) is 0. The maximum atomic E-state index is 12.9. The number of hydrogen-bond donors (Lipinski definition) is 0. The van der Waals surface area contributed by atoms with Gasteiger partial charge >= 0.3 is 6.09 Å². The molecule has 0 N–H and O–H groups in total. The summed E-state index contributed by atoms with van der Waals surface area (Å²) < 4.78 is 5.54. The second kappa shape index (κ2) is 7.51. The van der Waals surface area contributed by atoms with Gasteiger partial charge in [0.25, 0.3) is 0 Å². The van der Waals surface area contributed by atoms with E-state index in [0.29, 0.717) is 18.5 Å². The minimum atomic E-state index is -0.258. The average Bonchev–Trinajstić information content (AvgIpc) is 2.96. The molecular formula is C22H24N2O3. The van der Waals surface area contributed by atoms with Crippen molar-refractivity contribution in [2.24, 2.45) is 5.92 Å². The van der Waals surface area contributed by atoms with Gasteiger partial charge in [-0.2, -0.15) is 0 Å². The summed E-state index contributed by atoms with van der Waals surface area (Å²) >= 11 is 0. The Bertz CT molecular complexity index is 822. The Morgan fingerprint density at radius 3 is 2.44 bits per heavy atom. The van der Waals surface area contributed by atoms with Crippen molar-refractivity contribution >= 4 is 11.9 Å². The second-order valence-electron chi connectivity index (χ2n) is 7.53. The third kappa shape index (κ3) is 3.59. The fourth-order valence-corrected chi connectivity index (χ4v) is 4.42. The molecule has 5 nitrogen and oxygen atoms in total. The van der Waals surface area contributed by atoms with E-state index in [9.17, 15) is 9.59 Å². The third-order valence-electron chi connectivity index (χ3n) is 5.76. The van der Waals surface area contributed by atoms with Gasteiger partial charge in [-0.1, -0.05) is 36.4 Å². The molecule has 1 amide bonds. The number of ether oxygens (including phenoxy) is 1. The van der Waals surface area contributed by atoms with Crippen LogP contribution in [0.1, 0.15) is 47.3 Å². The Labute approximate surface area is 159 Å². The molecule has 1 aromatic heterocycles. The highest BCUT2D eigenvalue weighted by molar-refractivity contribution is 5.97. The van der Waals surface area contributed by atoms with Crippen LogP contribution in [0.2, 0.25) is 0 Å². The Morgan fingerprint density at radius 2 is 1.78 bits per heavy atom. The van der Waals surface area contributed by atoms with Crippen LogP contribution in [0.3, 0.4) is 0 Å². The van der Waals surface area contributed by atoms with Crippen LogP contribution in [0.4, 0.5) is 4.79 Å². The van der Waals surface area contributed by atoms with Crippen LogP contribution in [0.25, 0.3) is 0 Å². The number of carbonyl (C=O) groups excluding carboxylic acids is 2. The van der Waals surface area contributed by atoms with E-state index in [1.54, 1.807) is 6.20 Å². The Balaban J connectivity index is 1.41. The molecule has 2 aromatic rings. The molecule has 0 saturated carbocycles. The van der Waals surface area contributed by atoms with Gasteiger partial charge in [-0.05, 0) is 49.8 Å². The van der Waals surface area contributed by atoms with Gasteiger partial charge in [-0.15, -0.1) is 0 Å². The number of Topliss-reactive ketones (excluding diaryl/α,β-unsaturated/α-hetero) is 1. The largest absolute Gasteiger partial charge is 0.445 e. The summed E-state index contributed by atoms with van der Waals surface area (Å²) in [5, 5.41) is 0. The average molecular weight is 364 g/mol. The van der Waals surface area contributed by atoms with Gasteiger partial charge in [0.1, 0.15) is 12.3 Å². The minimum Gasteiger partial charge on any atom is -0.445 e. The lowest BCUT2D eigenvalue weighted by atomic mass is 9.85. The number of rotatable bonds is 4. The molecule has 2 saturated heterocycles. The molecule has 0 radical (unpaired) electrons. The van der Waals surface area contributed by atoms with Crippen molar-refractivity contribution in [1.82, 2.24) is 9.88 Å². The van der Waals surface area contributed by atoms with E-state index in [2.05, 4.69) is 4.98 Å². The lowest BCUT2D eigenvalue weighted by Crippen LogP contribution is -2.48. The Kier molecular flexibility index (Phi) is 4.92. The number of nitrogens with zero attached hydrogens (tertiary/aromatic N) is 2. The molecule has 4 rings (SSSR count). The predicted octanol–water partition coefficient (Wildman–Crippen LogP) is 4.15. The molecule has 0 aliphatic carbocycles. The molecule has 2 unspecified atom stereocenters. The zero-order chi connectivity index (χ0) is 18.8. The molecule has 2 atom stereocenters. The second-order valence-corrected chi connectivity index (χ2v) is 7.53. The zero-order valence-corrected chi connectivity index (χ0v) is 15.5.